The number of rotatable bonds is 4. The number of benzene rings is 1. The topological polar surface area (TPSA) is 118 Å². The van der Waals surface area contributed by atoms with Crippen LogP contribution in [0.1, 0.15) is 39.7 Å². The summed E-state index contributed by atoms with van der Waals surface area (Å²) in [5, 5.41) is 26.4. The van der Waals surface area contributed by atoms with Crippen molar-refractivity contribution in [2.75, 3.05) is 20.2 Å². The Balaban J connectivity index is 1.65. The minimum atomic E-state index is -1.12. The fraction of sp³-hybridized carbons (Fsp3) is 0.375. The molecule has 2 N–H and O–H groups in total. The highest BCUT2D eigenvalue weighted by atomic mass is 16.5. The first-order valence-corrected chi connectivity index (χ1v) is 7.81. The number of methoxy groups -OCH3 is 1. The van der Waals surface area contributed by atoms with Crippen molar-refractivity contribution in [2.45, 2.75) is 18.9 Å². The maximum absolute atomic E-state index is 12.6. The van der Waals surface area contributed by atoms with E-state index in [0.717, 1.165) is 0 Å². The van der Waals surface area contributed by atoms with Gasteiger partial charge in [-0.15, -0.1) is 5.10 Å². The Morgan fingerprint density at radius 1 is 1.28 bits per heavy atom. The summed E-state index contributed by atoms with van der Waals surface area (Å²) in [6.07, 6.45) is 2.66. The summed E-state index contributed by atoms with van der Waals surface area (Å²) in [6.45, 7) is 0.967. The van der Waals surface area contributed by atoms with Crippen molar-refractivity contribution in [3.8, 4) is 11.5 Å². The lowest BCUT2D eigenvalue weighted by atomic mass is 10.0. The molecular formula is C16H18N4O5. The quantitative estimate of drug-likeness (QED) is 0.853. The van der Waals surface area contributed by atoms with Crippen LogP contribution in [0.25, 0.3) is 0 Å². The summed E-state index contributed by atoms with van der Waals surface area (Å²) in [5.41, 5.74) is 0.134. The number of likely N-dealkylation sites (tertiary alicyclic amines) is 1. The third kappa shape index (κ3) is 3.39. The lowest BCUT2D eigenvalue weighted by Gasteiger charge is -2.32. The van der Waals surface area contributed by atoms with Gasteiger partial charge < -0.3 is 19.8 Å². The monoisotopic (exact) mass is 346 g/mol. The maximum Gasteiger partial charge on any atom is 0.358 e. The van der Waals surface area contributed by atoms with E-state index in [2.05, 4.69) is 10.3 Å². The van der Waals surface area contributed by atoms with Crippen molar-refractivity contribution < 1.29 is 24.5 Å². The second-order valence-electron chi connectivity index (χ2n) is 5.80. The van der Waals surface area contributed by atoms with Gasteiger partial charge in [-0.1, -0.05) is 5.21 Å². The van der Waals surface area contributed by atoms with E-state index in [9.17, 15) is 14.7 Å². The molecule has 0 atom stereocenters. The summed E-state index contributed by atoms with van der Waals surface area (Å²) in [4.78, 5) is 25.1. The molecule has 0 bridgehead atoms. The van der Waals surface area contributed by atoms with E-state index in [4.69, 9.17) is 9.84 Å². The number of aromatic nitrogens is 3. The predicted octanol–water partition coefficient (Wildman–Crippen LogP) is 1.17. The standard InChI is InChI=1S/C16H18N4O5/c1-25-11-2-3-12(14(21)8-11)15(22)19-6-4-10(5-7-19)20-9-13(16(23)24)17-18-20/h2-3,8-10,21H,4-7H2,1H3,(H,23,24). The van der Waals surface area contributed by atoms with Crippen LogP contribution in [0.2, 0.25) is 0 Å². The molecule has 0 aliphatic carbocycles. The van der Waals surface area contributed by atoms with Crippen LogP contribution in [0.5, 0.6) is 11.5 Å². The number of piperidine rings is 1. The number of carboxylic acid groups (broad SMARTS) is 1. The molecule has 0 saturated carbocycles. The highest BCUT2D eigenvalue weighted by Crippen LogP contribution is 2.27. The molecule has 1 aliphatic rings. The fourth-order valence-electron chi connectivity index (χ4n) is 2.88. The number of phenolic OH excluding ortho intramolecular Hbond substituents is 1. The lowest BCUT2D eigenvalue weighted by Crippen LogP contribution is -2.39. The van der Waals surface area contributed by atoms with Crippen molar-refractivity contribution in [3.63, 3.8) is 0 Å². The first-order valence-electron chi connectivity index (χ1n) is 7.81. The van der Waals surface area contributed by atoms with Gasteiger partial charge >= 0.3 is 5.97 Å². The van der Waals surface area contributed by atoms with Crippen LogP contribution < -0.4 is 4.74 Å². The minimum absolute atomic E-state index is 0.00545. The molecule has 9 nitrogen and oxygen atoms in total. The van der Waals surface area contributed by atoms with E-state index in [0.29, 0.717) is 31.7 Å². The Kier molecular flexibility index (Phi) is 4.55. The summed E-state index contributed by atoms with van der Waals surface area (Å²) in [7, 11) is 1.49. The molecule has 1 aromatic heterocycles. The third-order valence-corrected chi connectivity index (χ3v) is 4.29. The predicted molar refractivity (Wildman–Crippen MR) is 85.8 cm³/mol. The first-order chi connectivity index (χ1) is 12.0. The maximum atomic E-state index is 12.6. The third-order valence-electron chi connectivity index (χ3n) is 4.29. The van der Waals surface area contributed by atoms with Gasteiger partial charge in [0.05, 0.1) is 24.9 Å². The van der Waals surface area contributed by atoms with Crippen LogP contribution in [0, 0.1) is 0 Å². The SMILES string of the molecule is COc1ccc(C(=O)N2CCC(n3cc(C(=O)O)nn3)CC2)c(O)c1. The Hall–Kier alpha value is -3.10. The summed E-state index contributed by atoms with van der Waals surface area (Å²) >= 11 is 0. The molecule has 2 aromatic rings. The number of hydrogen-bond donors (Lipinski definition) is 2. The molecule has 0 spiro atoms. The van der Waals surface area contributed by atoms with Gasteiger partial charge in [0.15, 0.2) is 5.69 Å². The number of carbonyl (C=O) groups is 2. The van der Waals surface area contributed by atoms with E-state index >= 15 is 0 Å². The van der Waals surface area contributed by atoms with Gasteiger partial charge in [0, 0.05) is 19.2 Å². The number of aromatic hydroxyl groups is 1. The minimum Gasteiger partial charge on any atom is -0.507 e. The summed E-state index contributed by atoms with van der Waals surface area (Å²) in [6, 6.07) is 4.57. The molecular weight excluding hydrogens is 328 g/mol. The van der Waals surface area contributed by atoms with Crippen LogP contribution in [0.15, 0.2) is 24.4 Å². The lowest BCUT2D eigenvalue weighted by molar-refractivity contribution is 0.0681. The van der Waals surface area contributed by atoms with Crippen LogP contribution in [0.4, 0.5) is 0 Å². The number of hydrogen-bond acceptors (Lipinski definition) is 6. The smallest absolute Gasteiger partial charge is 0.358 e. The molecule has 25 heavy (non-hydrogen) atoms. The van der Waals surface area contributed by atoms with Gasteiger partial charge in [0.1, 0.15) is 11.5 Å². The molecule has 1 amide bonds. The fourth-order valence-corrected chi connectivity index (χ4v) is 2.88. The molecule has 0 unspecified atom stereocenters. The van der Waals surface area contributed by atoms with Crippen molar-refractivity contribution in [1.82, 2.24) is 19.9 Å². The van der Waals surface area contributed by atoms with Crippen molar-refractivity contribution in [3.05, 3.63) is 35.7 Å². The second kappa shape index (κ2) is 6.80. The van der Waals surface area contributed by atoms with Crippen molar-refractivity contribution >= 4 is 11.9 Å². The van der Waals surface area contributed by atoms with Gasteiger partial charge in [-0.2, -0.15) is 0 Å². The summed E-state index contributed by atoms with van der Waals surface area (Å²) in [5.74, 6) is -1.00. The van der Waals surface area contributed by atoms with Crippen LogP contribution in [-0.2, 0) is 0 Å². The number of nitrogens with zero attached hydrogens (tertiary/aromatic N) is 4. The zero-order valence-corrected chi connectivity index (χ0v) is 13.6. The molecule has 132 valence electrons. The number of phenols is 1. The van der Waals surface area contributed by atoms with Crippen LogP contribution in [0.3, 0.4) is 0 Å². The van der Waals surface area contributed by atoms with Crippen LogP contribution in [-0.4, -0.2) is 62.2 Å². The number of ether oxygens (including phenoxy) is 1. The molecule has 1 aliphatic heterocycles. The highest BCUT2D eigenvalue weighted by Gasteiger charge is 2.27. The summed E-state index contributed by atoms with van der Waals surface area (Å²) < 4.78 is 6.55. The van der Waals surface area contributed by atoms with Gasteiger partial charge in [-0.25, -0.2) is 9.48 Å². The zero-order valence-electron chi connectivity index (χ0n) is 13.6. The molecule has 3 rings (SSSR count). The van der Waals surface area contributed by atoms with Gasteiger partial charge in [-0.3, -0.25) is 4.79 Å². The molecule has 1 aromatic carbocycles. The van der Waals surface area contributed by atoms with E-state index in [1.807, 2.05) is 0 Å². The Labute approximate surface area is 143 Å². The molecule has 1 saturated heterocycles. The highest BCUT2D eigenvalue weighted by molar-refractivity contribution is 5.97. The first kappa shape index (κ1) is 16.7. The van der Waals surface area contributed by atoms with E-state index < -0.39 is 5.97 Å². The number of carbonyl (C=O) groups excluding carboxylic acids is 1. The molecule has 2 heterocycles. The number of aromatic carboxylic acids is 1. The van der Waals surface area contributed by atoms with Crippen molar-refractivity contribution in [1.29, 1.82) is 0 Å². The van der Waals surface area contributed by atoms with E-state index in [-0.39, 0.29) is 29.0 Å². The van der Waals surface area contributed by atoms with E-state index in [1.165, 1.54) is 24.1 Å². The Morgan fingerprint density at radius 3 is 2.56 bits per heavy atom. The Bertz CT molecular complexity index is 796. The Morgan fingerprint density at radius 2 is 2.00 bits per heavy atom. The van der Waals surface area contributed by atoms with Crippen molar-refractivity contribution in [2.24, 2.45) is 0 Å². The largest absolute Gasteiger partial charge is 0.507 e. The second-order valence-corrected chi connectivity index (χ2v) is 5.80. The normalized spacial score (nSPS) is 15.2. The molecule has 9 heteroatoms. The molecule has 0 radical (unpaired) electrons. The van der Waals surface area contributed by atoms with Gasteiger partial charge in [-0.05, 0) is 25.0 Å². The zero-order chi connectivity index (χ0) is 18.0. The van der Waals surface area contributed by atoms with Crippen LogP contribution >= 0.6 is 0 Å². The number of carboxylic acids is 1. The van der Waals surface area contributed by atoms with Gasteiger partial charge in [0.2, 0.25) is 0 Å². The van der Waals surface area contributed by atoms with Gasteiger partial charge in [0.25, 0.3) is 5.91 Å². The average Bonchev–Trinajstić information content (AvgIpc) is 3.11. The average molecular weight is 346 g/mol. The van der Waals surface area contributed by atoms with E-state index in [1.54, 1.807) is 17.0 Å². The number of amides is 1. The molecule has 1 fully saturated rings.